The van der Waals surface area contributed by atoms with E-state index in [2.05, 4.69) is 53.5 Å². The molecule has 0 spiro atoms. The molecule has 0 aromatic heterocycles. The van der Waals surface area contributed by atoms with Crippen LogP contribution in [0.5, 0.6) is 0 Å². The summed E-state index contributed by atoms with van der Waals surface area (Å²) in [7, 11) is 0. The van der Waals surface area contributed by atoms with E-state index in [1.54, 1.807) is 0 Å². The van der Waals surface area contributed by atoms with Crippen molar-refractivity contribution in [1.29, 1.82) is 0 Å². The molecule has 2 aliphatic heterocycles. The summed E-state index contributed by atoms with van der Waals surface area (Å²) in [6, 6.07) is 16.6. The first-order valence-corrected chi connectivity index (χ1v) is 10.5. The van der Waals surface area contributed by atoms with Crippen LogP contribution in [0.1, 0.15) is 24.8 Å². The molecule has 2 aromatic carbocycles. The minimum absolute atomic E-state index is 0.118. The number of ether oxygens (including phenoxy) is 1. The highest BCUT2D eigenvalue weighted by Gasteiger charge is 2.27. The maximum Gasteiger partial charge on any atom is 0.227 e. The van der Waals surface area contributed by atoms with Gasteiger partial charge in [-0.3, -0.25) is 4.79 Å². The zero-order valence-electron chi connectivity index (χ0n) is 16.7. The molecule has 2 fully saturated rings. The lowest BCUT2D eigenvalue weighted by molar-refractivity contribution is -0.121. The monoisotopic (exact) mass is 378 g/mol. The predicted octanol–water partition coefficient (Wildman–Crippen LogP) is 4.35. The molecule has 1 N–H and O–H groups in total. The van der Waals surface area contributed by atoms with Gasteiger partial charge in [-0.15, -0.1) is 0 Å². The molecule has 2 heterocycles. The summed E-state index contributed by atoms with van der Waals surface area (Å²) in [5.74, 6) is 0.956. The zero-order chi connectivity index (χ0) is 19.3. The molecule has 0 aliphatic carbocycles. The third-order valence-corrected chi connectivity index (χ3v) is 6.00. The summed E-state index contributed by atoms with van der Waals surface area (Å²) in [6.45, 7) is 7.06. The molecule has 1 amide bonds. The van der Waals surface area contributed by atoms with Gasteiger partial charge in [0.2, 0.25) is 5.91 Å². The van der Waals surface area contributed by atoms with Gasteiger partial charge in [-0.25, -0.2) is 0 Å². The van der Waals surface area contributed by atoms with Crippen LogP contribution in [0.2, 0.25) is 0 Å². The number of aryl methyl sites for hydroxylation is 1. The van der Waals surface area contributed by atoms with Crippen molar-refractivity contribution in [1.82, 2.24) is 4.90 Å². The number of benzene rings is 2. The third-order valence-electron chi connectivity index (χ3n) is 6.00. The summed E-state index contributed by atoms with van der Waals surface area (Å²) >= 11 is 0. The van der Waals surface area contributed by atoms with Gasteiger partial charge in [0, 0.05) is 24.8 Å². The zero-order valence-corrected chi connectivity index (χ0v) is 16.7. The van der Waals surface area contributed by atoms with Crippen LogP contribution in [0, 0.1) is 18.8 Å². The summed E-state index contributed by atoms with van der Waals surface area (Å²) in [5, 5.41) is 3.11. The molecule has 2 saturated heterocycles. The molecule has 0 saturated carbocycles. The van der Waals surface area contributed by atoms with Crippen molar-refractivity contribution in [2.24, 2.45) is 11.8 Å². The van der Waals surface area contributed by atoms with E-state index in [9.17, 15) is 4.79 Å². The van der Waals surface area contributed by atoms with E-state index in [0.29, 0.717) is 5.92 Å². The summed E-state index contributed by atoms with van der Waals surface area (Å²) in [5.41, 5.74) is 4.51. The number of hydrogen-bond donors (Lipinski definition) is 1. The highest BCUT2D eigenvalue weighted by Crippen LogP contribution is 2.25. The normalized spacial score (nSPS) is 21.0. The van der Waals surface area contributed by atoms with Gasteiger partial charge < -0.3 is 15.0 Å². The number of amides is 1. The van der Waals surface area contributed by atoms with E-state index in [1.807, 2.05) is 12.1 Å². The van der Waals surface area contributed by atoms with E-state index in [1.165, 1.54) is 23.1 Å². The van der Waals surface area contributed by atoms with Crippen molar-refractivity contribution in [3.05, 3.63) is 54.1 Å². The predicted molar refractivity (Wildman–Crippen MR) is 113 cm³/mol. The van der Waals surface area contributed by atoms with Crippen molar-refractivity contribution < 1.29 is 9.53 Å². The minimum atomic E-state index is 0.118. The molecule has 148 valence electrons. The maximum atomic E-state index is 12.7. The average molecular weight is 379 g/mol. The number of hydrogen-bond acceptors (Lipinski definition) is 3. The topological polar surface area (TPSA) is 41.6 Å². The number of carbonyl (C=O) groups excluding carboxylic acids is 1. The van der Waals surface area contributed by atoms with Crippen molar-refractivity contribution in [3.63, 3.8) is 0 Å². The van der Waals surface area contributed by atoms with Crippen molar-refractivity contribution in [2.45, 2.75) is 26.2 Å². The number of nitrogens with zero attached hydrogens (tertiary/aromatic N) is 1. The van der Waals surface area contributed by atoms with Gasteiger partial charge in [0.05, 0.1) is 6.61 Å². The molecular weight excluding hydrogens is 348 g/mol. The molecule has 28 heavy (non-hydrogen) atoms. The average Bonchev–Trinajstić information content (AvgIpc) is 3.22. The molecule has 1 atom stereocenters. The fourth-order valence-corrected chi connectivity index (χ4v) is 4.29. The van der Waals surface area contributed by atoms with Gasteiger partial charge in [0.25, 0.3) is 0 Å². The van der Waals surface area contributed by atoms with E-state index in [0.717, 1.165) is 51.4 Å². The molecule has 0 bridgehead atoms. The van der Waals surface area contributed by atoms with Gasteiger partial charge in [-0.1, -0.05) is 42.0 Å². The SMILES string of the molecule is Cc1cccc(-c2ccc(NC(=O)C3CCN(C[C@@H]4CCOC4)CC3)cc2)c1. The van der Waals surface area contributed by atoms with E-state index >= 15 is 0 Å². The Hall–Kier alpha value is -2.17. The molecule has 4 rings (SSSR count). The Bertz CT molecular complexity index is 789. The molecule has 0 radical (unpaired) electrons. The van der Waals surface area contributed by atoms with Crippen LogP contribution in [-0.4, -0.2) is 43.7 Å². The van der Waals surface area contributed by atoms with E-state index < -0.39 is 0 Å². The van der Waals surface area contributed by atoms with Crippen LogP contribution >= 0.6 is 0 Å². The summed E-state index contributed by atoms with van der Waals surface area (Å²) in [4.78, 5) is 15.2. The number of piperidine rings is 1. The van der Waals surface area contributed by atoms with Gasteiger partial charge in [-0.05, 0) is 68.5 Å². The van der Waals surface area contributed by atoms with Crippen molar-refractivity contribution in [3.8, 4) is 11.1 Å². The third kappa shape index (κ3) is 4.81. The van der Waals surface area contributed by atoms with Gasteiger partial charge in [0.15, 0.2) is 0 Å². The Morgan fingerprint density at radius 3 is 2.54 bits per heavy atom. The number of rotatable bonds is 5. The first-order valence-electron chi connectivity index (χ1n) is 10.5. The molecule has 2 aromatic rings. The second kappa shape index (κ2) is 8.89. The Kier molecular flexibility index (Phi) is 6.08. The Labute approximate surface area is 167 Å². The lowest BCUT2D eigenvalue weighted by Crippen LogP contribution is -2.40. The van der Waals surface area contributed by atoms with Crippen molar-refractivity contribution in [2.75, 3.05) is 38.2 Å². The standard InChI is InChI=1S/C24H30N2O2/c1-18-3-2-4-22(15-18)20-5-7-23(8-6-20)25-24(27)21-9-12-26(13-10-21)16-19-11-14-28-17-19/h2-8,15,19,21H,9-14,16-17H2,1H3,(H,25,27)/t19-/m0/s1. The molecular formula is C24H30N2O2. The van der Waals surface area contributed by atoms with Crippen molar-refractivity contribution >= 4 is 11.6 Å². The highest BCUT2D eigenvalue weighted by molar-refractivity contribution is 5.92. The number of carbonyl (C=O) groups is 1. The first kappa shape index (κ1) is 19.2. The van der Waals surface area contributed by atoms with Gasteiger partial charge >= 0.3 is 0 Å². The van der Waals surface area contributed by atoms with Crippen LogP contribution < -0.4 is 5.32 Å². The van der Waals surface area contributed by atoms with Crippen LogP contribution in [0.4, 0.5) is 5.69 Å². The van der Waals surface area contributed by atoms with Gasteiger partial charge in [0.1, 0.15) is 0 Å². The fraction of sp³-hybridized carbons (Fsp3) is 0.458. The van der Waals surface area contributed by atoms with Crippen LogP contribution in [0.15, 0.2) is 48.5 Å². The summed E-state index contributed by atoms with van der Waals surface area (Å²) < 4.78 is 5.48. The second-order valence-electron chi connectivity index (χ2n) is 8.24. The Morgan fingerprint density at radius 2 is 1.86 bits per heavy atom. The van der Waals surface area contributed by atoms with Crippen LogP contribution in [0.25, 0.3) is 11.1 Å². The minimum Gasteiger partial charge on any atom is -0.381 e. The smallest absolute Gasteiger partial charge is 0.227 e. The largest absolute Gasteiger partial charge is 0.381 e. The molecule has 4 heteroatoms. The molecule has 2 aliphatic rings. The number of anilines is 1. The molecule has 0 unspecified atom stereocenters. The fourth-order valence-electron chi connectivity index (χ4n) is 4.29. The first-order chi connectivity index (χ1) is 13.7. The highest BCUT2D eigenvalue weighted by atomic mass is 16.5. The number of likely N-dealkylation sites (tertiary alicyclic amines) is 1. The Morgan fingerprint density at radius 1 is 1.07 bits per heavy atom. The Balaban J connectivity index is 1.28. The maximum absolute atomic E-state index is 12.7. The van der Waals surface area contributed by atoms with Crippen LogP contribution in [-0.2, 0) is 9.53 Å². The van der Waals surface area contributed by atoms with Crippen LogP contribution in [0.3, 0.4) is 0 Å². The van der Waals surface area contributed by atoms with E-state index in [-0.39, 0.29) is 11.8 Å². The van der Waals surface area contributed by atoms with Gasteiger partial charge in [-0.2, -0.15) is 0 Å². The lowest BCUT2D eigenvalue weighted by atomic mass is 9.94. The number of nitrogens with one attached hydrogen (secondary N) is 1. The summed E-state index contributed by atoms with van der Waals surface area (Å²) in [6.07, 6.45) is 3.07. The lowest BCUT2D eigenvalue weighted by Gasteiger charge is -2.32. The molecule has 4 nitrogen and oxygen atoms in total. The quantitative estimate of drug-likeness (QED) is 0.841. The van der Waals surface area contributed by atoms with E-state index in [4.69, 9.17) is 4.74 Å². The second-order valence-corrected chi connectivity index (χ2v) is 8.24.